The van der Waals surface area contributed by atoms with Crippen LogP contribution in [0.4, 0.5) is 0 Å². The molecule has 0 fully saturated rings. The second-order valence-electron chi connectivity index (χ2n) is 5.32. The van der Waals surface area contributed by atoms with Gasteiger partial charge in [-0.3, -0.25) is 4.79 Å². The first-order valence-electron chi connectivity index (χ1n) is 8.06. The number of rotatable bonds is 9. The van der Waals surface area contributed by atoms with Crippen molar-refractivity contribution in [2.45, 2.75) is 20.3 Å². The number of methoxy groups -OCH3 is 1. The SMILES string of the molecule is CCN(CC)CCNC(=O)c1ccc2nc(CCOC)oc2c1. The highest BCUT2D eigenvalue weighted by Crippen LogP contribution is 2.17. The highest BCUT2D eigenvalue weighted by atomic mass is 16.5. The Hall–Kier alpha value is -1.92. The average molecular weight is 319 g/mol. The predicted molar refractivity (Wildman–Crippen MR) is 89.7 cm³/mol. The van der Waals surface area contributed by atoms with Gasteiger partial charge in [0.2, 0.25) is 0 Å². The van der Waals surface area contributed by atoms with Gasteiger partial charge in [-0.2, -0.15) is 0 Å². The minimum Gasteiger partial charge on any atom is -0.441 e. The number of nitrogens with one attached hydrogen (secondary N) is 1. The number of oxazole rings is 1. The van der Waals surface area contributed by atoms with E-state index >= 15 is 0 Å². The molecule has 0 aliphatic heterocycles. The molecule has 1 heterocycles. The van der Waals surface area contributed by atoms with Crippen molar-refractivity contribution in [1.29, 1.82) is 0 Å². The lowest BCUT2D eigenvalue weighted by atomic mass is 10.2. The molecule has 6 heteroatoms. The van der Waals surface area contributed by atoms with Crippen LogP contribution >= 0.6 is 0 Å². The van der Waals surface area contributed by atoms with Crippen molar-refractivity contribution >= 4 is 17.0 Å². The molecule has 1 aromatic heterocycles. The number of ether oxygens (including phenoxy) is 1. The maximum atomic E-state index is 12.2. The summed E-state index contributed by atoms with van der Waals surface area (Å²) in [6.45, 7) is 8.25. The number of hydrogen-bond donors (Lipinski definition) is 1. The van der Waals surface area contributed by atoms with Gasteiger partial charge in [-0.25, -0.2) is 4.98 Å². The van der Waals surface area contributed by atoms with Crippen molar-refractivity contribution < 1.29 is 13.9 Å². The number of benzene rings is 1. The Kier molecular flexibility index (Phi) is 6.55. The first-order chi connectivity index (χ1) is 11.2. The second kappa shape index (κ2) is 8.64. The van der Waals surface area contributed by atoms with Gasteiger partial charge >= 0.3 is 0 Å². The van der Waals surface area contributed by atoms with Gasteiger partial charge in [-0.15, -0.1) is 0 Å². The summed E-state index contributed by atoms with van der Waals surface area (Å²) in [5.41, 5.74) is 1.98. The molecule has 2 rings (SSSR count). The van der Waals surface area contributed by atoms with Gasteiger partial charge in [0, 0.05) is 32.2 Å². The van der Waals surface area contributed by atoms with Crippen molar-refractivity contribution in [2.75, 3.05) is 39.9 Å². The first-order valence-corrected chi connectivity index (χ1v) is 8.06. The molecule has 0 aliphatic carbocycles. The fourth-order valence-electron chi connectivity index (χ4n) is 2.38. The monoisotopic (exact) mass is 319 g/mol. The molecule has 1 N–H and O–H groups in total. The molecule has 0 spiro atoms. The van der Waals surface area contributed by atoms with Gasteiger partial charge in [0.25, 0.3) is 5.91 Å². The van der Waals surface area contributed by atoms with Gasteiger partial charge < -0.3 is 19.4 Å². The summed E-state index contributed by atoms with van der Waals surface area (Å²) >= 11 is 0. The molecular formula is C17H25N3O3. The molecule has 23 heavy (non-hydrogen) atoms. The number of fused-ring (bicyclic) bond motifs is 1. The zero-order valence-electron chi connectivity index (χ0n) is 14.1. The Morgan fingerprint density at radius 2 is 2.13 bits per heavy atom. The molecule has 6 nitrogen and oxygen atoms in total. The zero-order chi connectivity index (χ0) is 16.7. The number of likely N-dealkylation sites (N-methyl/N-ethyl adjacent to an activating group) is 1. The normalized spacial score (nSPS) is 11.3. The third-order valence-electron chi connectivity index (χ3n) is 3.82. The molecule has 0 radical (unpaired) electrons. The molecular weight excluding hydrogens is 294 g/mol. The number of carbonyl (C=O) groups excluding carboxylic acids is 1. The Morgan fingerprint density at radius 3 is 2.83 bits per heavy atom. The number of nitrogens with zero attached hydrogens (tertiary/aromatic N) is 2. The molecule has 126 valence electrons. The minimum atomic E-state index is -0.0890. The largest absolute Gasteiger partial charge is 0.441 e. The topological polar surface area (TPSA) is 67.6 Å². The third-order valence-corrected chi connectivity index (χ3v) is 3.82. The van der Waals surface area contributed by atoms with Crippen LogP contribution < -0.4 is 5.32 Å². The molecule has 0 aliphatic rings. The average Bonchev–Trinajstić information content (AvgIpc) is 2.98. The quantitative estimate of drug-likeness (QED) is 0.766. The van der Waals surface area contributed by atoms with Crippen LogP contribution in [0.2, 0.25) is 0 Å². The van der Waals surface area contributed by atoms with Gasteiger partial charge in [-0.05, 0) is 31.3 Å². The number of carbonyl (C=O) groups is 1. The van der Waals surface area contributed by atoms with Crippen LogP contribution in [0.15, 0.2) is 22.6 Å². The maximum Gasteiger partial charge on any atom is 0.251 e. The fourth-order valence-corrected chi connectivity index (χ4v) is 2.38. The summed E-state index contributed by atoms with van der Waals surface area (Å²) in [5.74, 6) is 0.537. The highest BCUT2D eigenvalue weighted by Gasteiger charge is 2.11. The van der Waals surface area contributed by atoms with E-state index < -0.39 is 0 Å². The smallest absolute Gasteiger partial charge is 0.251 e. The van der Waals surface area contributed by atoms with Gasteiger partial charge in [-0.1, -0.05) is 13.8 Å². The van der Waals surface area contributed by atoms with Crippen molar-refractivity contribution in [3.63, 3.8) is 0 Å². The van der Waals surface area contributed by atoms with E-state index in [0.29, 0.717) is 36.6 Å². The number of amides is 1. The summed E-state index contributed by atoms with van der Waals surface area (Å²) < 4.78 is 10.7. The molecule has 0 saturated heterocycles. The summed E-state index contributed by atoms with van der Waals surface area (Å²) in [5, 5.41) is 2.94. The van der Waals surface area contributed by atoms with E-state index in [1.54, 1.807) is 19.2 Å². The van der Waals surface area contributed by atoms with E-state index in [9.17, 15) is 4.79 Å². The van der Waals surface area contributed by atoms with Crippen LogP contribution in [-0.4, -0.2) is 55.7 Å². The van der Waals surface area contributed by atoms with E-state index in [2.05, 4.69) is 29.0 Å². The van der Waals surface area contributed by atoms with Crippen LogP contribution in [0.3, 0.4) is 0 Å². The van der Waals surface area contributed by atoms with Crippen molar-refractivity contribution in [1.82, 2.24) is 15.2 Å². The summed E-state index contributed by atoms with van der Waals surface area (Å²) in [7, 11) is 1.64. The standard InChI is InChI=1S/C17H25N3O3/c1-4-20(5-2)10-9-18-17(21)13-6-7-14-15(12-13)23-16(19-14)8-11-22-3/h6-7,12H,4-5,8-11H2,1-3H3,(H,18,21). The van der Waals surface area contributed by atoms with E-state index in [-0.39, 0.29) is 5.91 Å². The Bertz CT molecular complexity index is 635. The number of aromatic nitrogens is 1. The Balaban J connectivity index is 1.97. The van der Waals surface area contributed by atoms with Crippen LogP contribution in [0.5, 0.6) is 0 Å². The first kappa shape index (κ1) is 17.4. The summed E-state index contributed by atoms with van der Waals surface area (Å²) in [6.07, 6.45) is 0.622. The van der Waals surface area contributed by atoms with Crippen molar-refractivity contribution in [2.24, 2.45) is 0 Å². The van der Waals surface area contributed by atoms with Crippen LogP contribution in [0, 0.1) is 0 Å². The minimum absolute atomic E-state index is 0.0890. The molecule has 0 saturated carbocycles. The van der Waals surface area contributed by atoms with Gasteiger partial charge in [0.05, 0.1) is 6.61 Å². The molecule has 2 aromatic rings. The third kappa shape index (κ3) is 4.77. The van der Waals surface area contributed by atoms with Gasteiger partial charge in [0.15, 0.2) is 11.5 Å². The fraction of sp³-hybridized carbons (Fsp3) is 0.529. The predicted octanol–water partition coefficient (Wildman–Crippen LogP) is 2.09. The van der Waals surface area contributed by atoms with Crippen LogP contribution in [-0.2, 0) is 11.2 Å². The van der Waals surface area contributed by atoms with E-state index in [4.69, 9.17) is 9.15 Å². The highest BCUT2D eigenvalue weighted by molar-refractivity contribution is 5.97. The van der Waals surface area contributed by atoms with E-state index in [1.807, 2.05) is 6.07 Å². The Morgan fingerprint density at radius 1 is 1.35 bits per heavy atom. The maximum absolute atomic E-state index is 12.2. The van der Waals surface area contributed by atoms with Gasteiger partial charge in [0.1, 0.15) is 5.52 Å². The zero-order valence-corrected chi connectivity index (χ0v) is 14.1. The molecule has 0 unspecified atom stereocenters. The molecule has 0 bridgehead atoms. The lowest BCUT2D eigenvalue weighted by Gasteiger charge is -2.17. The second-order valence-corrected chi connectivity index (χ2v) is 5.32. The Labute approximate surface area is 136 Å². The van der Waals surface area contributed by atoms with E-state index in [1.165, 1.54) is 0 Å². The van der Waals surface area contributed by atoms with Crippen LogP contribution in [0.1, 0.15) is 30.1 Å². The van der Waals surface area contributed by atoms with Crippen molar-refractivity contribution in [3.8, 4) is 0 Å². The van der Waals surface area contributed by atoms with Crippen molar-refractivity contribution in [3.05, 3.63) is 29.7 Å². The van der Waals surface area contributed by atoms with Crippen LogP contribution in [0.25, 0.3) is 11.1 Å². The molecule has 0 atom stereocenters. The van der Waals surface area contributed by atoms with E-state index in [0.717, 1.165) is 25.2 Å². The summed E-state index contributed by atoms with van der Waals surface area (Å²) in [4.78, 5) is 18.9. The lowest BCUT2D eigenvalue weighted by Crippen LogP contribution is -2.34. The number of hydrogen-bond acceptors (Lipinski definition) is 5. The summed E-state index contributed by atoms with van der Waals surface area (Å²) in [6, 6.07) is 5.33. The molecule has 1 aromatic carbocycles. The molecule has 1 amide bonds. The lowest BCUT2D eigenvalue weighted by molar-refractivity contribution is 0.0949.